The van der Waals surface area contributed by atoms with Crippen molar-refractivity contribution in [2.24, 2.45) is 5.73 Å². The van der Waals surface area contributed by atoms with Crippen molar-refractivity contribution in [1.82, 2.24) is 20.1 Å². The van der Waals surface area contributed by atoms with Gasteiger partial charge in [-0.3, -0.25) is 14.3 Å². The second kappa shape index (κ2) is 11.7. The maximum atomic E-state index is 13.3. The Bertz CT molecular complexity index is 1390. The van der Waals surface area contributed by atoms with Gasteiger partial charge in [0.2, 0.25) is 11.8 Å². The van der Waals surface area contributed by atoms with E-state index in [1.165, 1.54) is 4.68 Å². The van der Waals surface area contributed by atoms with Crippen LogP contribution in [0, 0.1) is 11.3 Å². The largest absolute Gasteiger partial charge is 0.368 e. The second-order valence-corrected chi connectivity index (χ2v) is 8.70. The van der Waals surface area contributed by atoms with Gasteiger partial charge in [0.15, 0.2) is 0 Å². The van der Waals surface area contributed by atoms with E-state index in [1.807, 2.05) is 48.5 Å². The number of hydrogen-bond acceptors (Lipinski definition) is 6. The fraction of sp³-hybridized carbons (Fsp3) is 0.179. The molecule has 0 spiro atoms. The van der Waals surface area contributed by atoms with Crippen LogP contribution in [0.15, 0.2) is 85.3 Å². The lowest BCUT2D eigenvalue weighted by atomic mass is 9.98. The van der Waals surface area contributed by atoms with Crippen LogP contribution in [0.1, 0.15) is 35.6 Å². The first-order valence-electron chi connectivity index (χ1n) is 11.8. The molecule has 2 aromatic heterocycles. The quantitative estimate of drug-likeness (QED) is 0.310. The van der Waals surface area contributed by atoms with E-state index in [9.17, 15) is 9.59 Å². The van der Waals surface area contributed by atoms with Crippen LogP contribution in [0.25, 0.3) is 11.1 Å². The molecule has 2 atom stereocenters. The van der Waals surface area contributed by atoms with Crippen molar-refractivity contribution in [3.63, 3.8) is 0 Å². The molecular formula is C28H27N7O2. The normalized spacial score (nSPS) is 12.3. The monoisotopic (exact) mass is 493 g/mol. The minimum Gasteiger partial charge on any atom is -0.368 e. The molecule has 2 heterocycles. The number of benzene rings is 2. The van der Waals surface area contributed by atoms with E-state index in [0.29, 0.717) is 17.9 Å². The number of anilines is 1. The van der Waals surface area contributed by atoms with Crippen molar-refractivity contribution in [3.05, 3.63) is 102 Å². The third kappa shape index (κ3) is 6.66. The fourth-order valence-electron chi connectivity index (χ4n) is 3.90. The van der Waals surface area contributed by atoms with Crippen LogP contribution in [-0.2, 0) is 16.1 Å². The Morgan fingerprint density at radius 3 is 2.41 bits per heavy atom. The molecule has 4 rings (SSSR count). The predicted molar refractivity (Wildman–Crippen MR) is 140 cm³/mol. The lowest BCUT2D eigenvalue weighted by molar-refractivity contribution is -0.119. The van der Waals surface area contributed by atoms with Crippen LogP contribution in [0.3, 0.4) is 0 Å². The number of amides is 2. The van der Waals surface area contributed by atoms with Crippen LogP contribution in [0.4, 0.5) is 5.82 Å². The Labute approximate surface area is 215 Å². The Hall–Kier alpha value is -4.81. The molecule has 37 heavy (non-hydrogen) atoms. The van der Waals surface area contributed by atoms with Gasteiger partial charge in [-0.2, -0.15) is 10.4 Å². The number of pyridine rings is 1. The van der Waals surface area contributed by atoms with E-state index in [2.05, 4.69) is 33.7 Å². The van der Waals surface area contributed by atoms with E-state index in [1.54, 1.807) is 36.8 Å². The summed E-state index contributed by atoms with van der Waals surface area (Å²) >= 11 is 0. The highest BCUT2D eigenvalue weighted by Crippen LogP contribution is 2.22. The van der Waals surface area contributed by atoms with E-state index < -0.39 is 11.9 Å². The average Bonchev–Trinajstić information content (AvgIpc) is 3.37. The third-order valence-electron chi connectivity index (χ3n) is 5.93. The molecule has 0 aliphatic carbocycles. The first-order valence-corrected chi connectivity index (χ1v) is 11.8. The molecule has 2 amide bonds. The zero-order valence-corrected chi connectivity index (χ0v) is 20.3. The summed E-state index contributed by atoms with van der Waals surface area (Å²) in [6.07, 6.45) is 4.98. The van der Waals surface area contributed by atoms with Crippen molar-refractivity contribution in [1.29, 1.82) is 5.26 Å². The van der Waals surface area contributed by atoms with E-state index in [4.69, 9.17) is 11.0 Å². The van der Waals surface area contributed by atoms with Crippen molar-refractivity contribution >= 4 is 17.6 Å². The Morgan fingerprint density at radius 1 is 1.00 bits per heavy atom. The topological polar surface area (TPSA) is 139 Å². The van der Waals surface area contributed by atoms with E-state index in [-0.39, 0.29) is 18.4 Å². The summed E-state index contributed by atoms with van der Waals surface area (Å²) in [5, 5.41) is 19.4. The van der Waals surface area contributed by atoms with Crippen LogP contribution in [-0.4, -0.2) is 33.1 Å². The van der Waals surface area contributed by atoms with Crippen molar-refractivity contribution in [3.8, 4) is 17.2 Å². The van der Waals surface area contributed by atoms with Crippen LogP contribution < -0.4 is 16.4 Å². The van der Waals surface area contributed by atoms with Crippen LogP contribution in [0.5, 0.6) is 0 Å². The highest BCUT2D eigenvalue weighted by molar-refractivity contribution is 5.95. The number of primary amides is 1. The number of rotatable bonds is 10. The molecule has 0 aliphatic rings. The number of nitrogens with two attached hydrogens (primary N) is 1. The lowest BCUT2D eigenvalue weighted by Gasteiger charge is -2.21. The summed E-state index contributed by atoms with van der Waals surface area (Å²) in [6.45, 7) is 2.62. The number of carbonyl (C=O) groups is 2. The van der Waals surface area contributed by atoms with Gasteiger partial charge in [0.05, 0.1) is 17.8 Å². The number of nitriles is 1. The number of nitrogens with one attached hydrogen (secondary N) is 2. The van der Waals surface area contributed by atoms with Crippen molar-refractivity contribution in [2.45, 2.75) is 25.4 Å². The molecule has 0 bridgehead atoms. The molecule has 2 aromatic carbocycles. The zero-order valence-electron chi connectivity index (χ0n) is 20.3. The molecule has 0 saturated carbocycles. The summed E-state index contributed by atoms with van der Waals surface area (Å²) in [6, 6.07) is 22.1. The molecule has 9 heteroatoms. The SMILES string of the molecule is C[C@H](CN[C@@H](C(=O)Nc1ccc(-c2cnn(CC(N)=O)c2)cn1)c1ccccc1)c1ccc(C#N)cc1. The van der Waals surface area contributed by atoms with Gasteiger partial charge in [-0.1, -0.05) is 49.4 Å². The van der Waals surface area contributed by atoms with Gasteiger partial charge >= 0.3 is 0 Å². The standard InChI is InChI=1S/C28H27N7O2/c1-19(21-9-7-20(13-29)8-10-21)14-32-27(22-5-3-2-4-6-22)28(37)34-26-12-11-23(15-31-26)24-16-33-35(17-24)18-25(30)36/h2-12,15-17,19,27,32H,14,18H2,1H3,(H2,30,36)(H,31,34,37)/t19-,27-/m1/s1. The maximum Gasteiger partial charge on any atom is 0.247 e. The molecule has 9 nitrogen and oxygen atoms in total. The molecule has 0 saturated heterocycles. The van der Waals surface area contributed by atoms with E-state index >= 15 is 0 Å². The Kier molecular flexibility index (Phi) is 8.03. The number of nitrogens with zero attached hydrogens (tertiary/aromatic N) is 4. The van der Waals surface area contributed by atoms with Gasteiger partial charge in [0.25, 0.3) is 0 Å². The third-order valence-corrected chi connectivity index (χ3v) is 5.93. The van der Waals surface area contributed by atoms with Gasteiger partial charge in [0.1, 0.15) is 18.4 Å². The molecular weight excluding hydrogens is 466 g/mol. The zero-order chi connectivity index (χ0) is 26.2. The molecule has 0 fully saturated rings. The molecule has 4 aromatic rings. The summed E-state index contributed by atoms with van der Waals surface area (Å²) in [5.41, 5.74) is 9.33. The van der Waals surface area contributed by atoms with Crippen molar-refractivity contribution < 1.29 is 9.59 Å². The van der Waals surface area contributed by atoms with Gasteiger partial charge in [0, 0.05) is 30.1 Å². The van der Waals surface area contributed by atoms with Crippen molar-refractivity contribution in [2.75, 3.05) is 11.9 Å². The second-order valence-electron chi connectivity index (χ2n) is 8.70. The lowest BCUT2D eigenvalue weighted by Crippen LogP contribution is -2.35. The fourth-order valence-corrected chi connectivity index (χ4v) is 3.90. The molecule has 186 valence electrons. The van der Waals surface area contributed by atoms with Crippen LogP contribution >= 0.6 is 0 Å². The molecule has 4 N–H and O–H groups in total. The van der Waals surface area contributed by atoms with Gasteiger partial charge in [-0.25, -0.2) is 4.98 Å². The average molecular weight is 494 g/mol. The van der Waals surface area contributed by atoms with Gasteiger partial charge in [-0.05, 0) is 41.3 Å². The number of aromatic nitrogens is 3. The van der Waals surface area contributed by atoms with Gasteiger partial charge in [-0.15, -0.1) is 0 Å². The first kappa shape index (κ1) is 25.3. The van der Waals surface area contributed by atoms with E-state index in [0.717, 1.165) is 22.3 Å². The first-order chi connectivity index (χ1) is 17.9. The minimum absolute atomic E-state index is 0.000756. The predicted octanol–water partition coefficient (Wildman–Crippen LogP) is 3.38. The number of hydrogen-bond donors (Lipinski definition) is 3. The summed E-state index contributed by atoms with van der Waals surface area (Å²) in [4.78, 5) is 28.8. The summed E-state index contributed by atoms with van der Waals surface area (Å²) in [5.74, 6) is -0.160. The molecule has 0 radical (unpaired) electrons. The smallest absolute Gasteiger partial charge is 0.247 e. The van der Waals surface area contributed by atoms with Gasteiger partial charge < -0.3 is 16.4 Å². The number of carbonyl (C=O) groups excluding carboxylic acids is 2. The highest BCUT2D eigenvalue weighted by Gasteiger charge is 2.22. The molecule has 0 unspecified atom stereocenters. The summed E-state index contributed by atoms with van der Waals surface area (Å²) < 4.78 is 1.46. The van der Waals surface area contributed by atoms with Crippen LogP contribution in [0.2, 0.25) is 0 Å². The maximum absolute atomic E-state index is 13.3. The Balaban J connectivity index is 1.44. The Morgan fingerprint density at radius 2 is 1.76 bits per heavy atom. The summed E-state index contributed by atoms with van der Waals surface area (Å²) in [7, 11) is 0. The highest BCUT2D eigenvalue weighted by atomic mass is 16.2. The molecule has 0 aliphatic heterocycles. The minimum atomic E-state index is -0.587.